The number of rotatable bonds is 5. The summed E-state index contributed by atoms with van der Waals surface area (Å²) in [7, 11) is 0. The summed E-state index contributed by atoms with van der Waals surface area (Å²) in [4.78, 5) is 10.9. The van der Waals surface area contributed by atoms with E-state index in [2.05, 4.69) is 27.4 Å². The van der Waals surface area contributed by atoms with Crippen LogP contribution < -0.4 is 0 Å². The van der Waals surface area contributed by atoms with Gasteiger partial charge in [0.05, 0.1) is 6.10 Å². The second-order valence-corrected chi connectivity index (χ2v) is 9.15. The lowest BCUT2D eigenvalue weighted by molar-refractivity contribution is -0.139. The summed E-state index contributed by atoms with van der Waals surface area (Å²) in [6.07, 6.45) is 8.16. The van der Waals surface area contributed by atoms with E-state index >= 15 is 0 Å². The Morgan fingerprint density at radius 3 is 2.68 bits per heavy atom. The zero-order valence-electron chi connectivity index (χ0n) is 16.7. The summed E-state index contributed by atoms with van der Waals surface area (Å²) in [5, 5.41) is 10.7. The predicted molar refractivity (Wildman–Crippen MR) is 102 cm³/mol. The highest BCUT2D eigenvalue weighted by molar-refractivity contribution is 5.66. The van der Waals surface area contributed by atoms with E-state index in [0.29, 0.717) is 17.3 Å². The van der Waals surface area contributed by atoms with Crippen molar-refractivity contribution in [2.45, 2.75) is 79.2 Å². The number of aliphatic hydroxyl groups is 1. The van der Waals surface area contributed by atoms with E-state index in [9.17, 15) is 9.90 Å². The summed E-state index contributed by atoms with van der Waals surface area (Å²) >= 11 is 0. The molecule has 2 aliphatic rings. The lowest BCUT2D eigenvalue weighted by Crippen LogP contribution is -2.50. The van der Waals surface area contributed by atoms with Gasteiger partial charge >= 0.3 is 5.97 Å². The smallest absolute Gasteiger partial charge is 0.302 e. The first-order chi connectivity index (χ1) is 11.6. The van der Waals surface area contributed by atoms with Crippen molar-refractivity contribution in [3.63, 3.8) is 0 Å². The highest BCUT2D eigenvalue weighted by atomic mass is 16.5. The predicted octanol–water partition coefficient (Wildman–Crippen LogP) is 5.05. The molecule has 0 unspecified atom stereocenters. The van der Waals surface area contributed by atoms with Crippen molar-refractivity contribution < 1.29 is 14.6 Å². The van der Waals surface area contributed by atoms with Crippen molar-refractivity contribution in [1.82, 2.24) is 0 Å². The number of esters is 1. The van der Waals surface area contributed by atoms with Crippen molar-refractivity contribution >= 4 is 5.97 Å². The molecule has 0 aromatic rings. The van der Waals surface area contributed by atoms with Crippen LogP contribution in [0.2, 0.25) is 0 Å². The molecule has 0 bridgehead atoms. The molecule has 0 heterocycles. The first-order valence-electron chi connectivity index (χ1n) is 9.73. The third kappa shape index (κ3) is 4.36. The van der Waals surface area contributed by atoms with Gasteiger partial charge in [0.15, 0.2) is 0 Å². The second-order valence-electron chi connectivity index (χ2n) is 9.15. The number of ether oxygens (including phenoxy) is 1. The van der Waals surface area contributed by atoms with Crippen LogP contribution in [0.4, 0.5) is 0 Å². The zero-order valence-corrected chi connectivity index (χ0v) is 16.7. The van der Waals surface area contributed by atoms with Gasteiger partial charge in [0.25, 0.3) is 0 Å². The van der Waals surface area contributed by atoms with Gasteiger partial charge in [-0.05, 0) is 73.3 Å². The van der Waals surface area contributed by atoms with Gasteiger partial charge in [-0.2, -0.15) is 0 Å². The third-order valence-electron chi connectivity index (χ3n) is 7.00. The zero-order chi connectivity index (χ0) is 18.8. The molecule has 0 saturated heterocycles. The second kappa shape index (κ2) is 7.65. The van der Waals surface area contributed by atoms with Gasteiger partial charge < -0.3 is 9.84 Å². The molecule has 142 valence electrons. The molecule has 2 fully saturated rings. The summed E-state index contributed by atoms with van der Waals surface area (Å²) in [5.41, 5.74) is 2.80. The van der Waals surface area contributed by atoms with Gasteiger partial charge in [-0.25, -0.2) is 0 Å². The van der Waals surface area contributed by atoms with Gasteiger partial charge in [0.1, 0.15) is 6.61 Å². The van der Waals surface area contributed by atoms with Gasteiger partial charge in [-0.1, -0.05) is 39.3 Å². The van der Waals surface area contributed by atoms with E-state index in [4.69, 9.17) is 4.74 Å². The molecule has 2 aliphatic carbocycles. The maximum atomic E-state index is 10.9. The molecule has 25 heavy (non-hydrogen) atoms. The molecule has 0 aliphatic heterocycles. The molecule has 0 spiro atoms. The third-order valence-corrected chi connectivity index (χ3v) is 7.00. The Hall–Kier alpha value is -1.09. The Kier molecular flexibility index (Phi) is 6.19. The molecule has 2 saturated carbocycles. The largest absolute Gasteiger partial charge is 0.462 e. The van der Waals surface area contributed by atoms with Gasteiger partial charge in [-0.15, -0.1) is 0 Å². The van der Waals surface area contributed by atoms with E-state index in [1.54, 1.807) is 0 Å². The molecule has 0 aromatic carbocycles. The van der Waals surface area contributed by atoms with Crippen molar-refractivity contribution in [2.75, 3.05) is 6.61 Å². The normalized spacial score (nSPS) is 33.5. The maximum Gasteiger partial charge on any atom is 0.302 e. The maximum absolute atomic E-state index is 10.9. The highest BCUT2D eigenvalue weighted by Gasteiger charge is 2.52. The average Bonchev–Trinajstić information content (AvgIpc) is 2.49. The summed E-state index contributed by atoms with van der Waals surface area (Å²) in [6.45, 7) is 15.2. The molecule has 1 N–H and O–H groups in total. The van der Waals surface area contributed by atoms with Crippen LogP contribution >= 0.6 is 0 Å². The number of allylic oxidation sites excluding steroid dienone is 1. The van der Waals surface area contributed by atoms with E-state index < -0.39 is 6.10 Å². The fraction of sp³-hybridized carbons (Fsp3) is 0.773. The average molecular weight is 349 g/mol. The first kappa shape index (κ1) is 20.2. The Morgan fingerprint density at radius 1 is 1.36 bits per heavy atom. The Labute approximate surface area is 153 Å². The Morgan fingerprint density at radius 2 is 2.04 bits per heavy atom. The molecular weight excluding hydrogens is 312 g/mol. The van der Waals surface area contributed by atoms with E-state index in [0.717, 1.165) is 18.4 Å². The van der Waals surface area contributed by atoms with Crippen LogP contribution in [0.3, 0.4) is 0 Å². The topological polar surface area (TPSA) is 46.5 Å². The summed E-state index contributed by atoms with van der Waals surface area (Å²) < 4.78 is 4.96. The first-order valence-corrected chi connectivity index (χ1v) is 9.73. The minimum absolute atomic E-state index is 0.230. The standard InChI is InChI=1S/C22H36O3/c1-15-8-9-20-21(4,5)11-7-12-22(20,6)18(15)14-19(24)16(2)10-13-25-17(3)23/h10,18-20,24H,1,7-9,11-14H2,2-6H3/b16-10-/t18-,19+,20+,22-/m1/s1. The monoisotopic (exact) mass is 348 g/mol. The fourth-order valence-electron chi connectivity index (χ4n) is 5.55. The Balaban J connectivity index is 2.13. The molecular formula is C22H36O3. The van der Waals surface area contributed by atoms with Crippen LogP contribution in [0.15, 0.2) is 23.8 Å². The van der Waals surface area contributed by atoms with E-state index in [-0.39, 0.29) is 18.0 Å². The van der Waals surface area contributed by atoms with Crippen LogP contribution in [0.5, 0.6) is 0 Å². The van der Waals surface area contributed by atoms with E-state index in [1.165, 1.54) is 38.2 Å². The highest BCUT2D eigenvalue weighted by Crippen LogP contribution is 2.61. The summed E-state index contributed by atoms with van der Waals surface area (Å²) in [5.74, 6) is 0.763. The van der Waals surface area contributed by atoms with Gasteiger partial charge in [-0.3, -0.25) is 4.79 Å². The minimum Gasteiger partial charge on any atom is -0.462 e. The lowest BCUT2D eigenvalue weighted by atomic mass is 9.47. The molecule has 3 nitrogen and oxygen atoms in total. The Bertz CT molecular complexity index is 545. The van der Waals surface area contributed by atoms with Crippen molar-refractivity contribution in [3.05, 3.63) is 23.8 Å². The SMILES string of the molecule is C=C1CC[C@H]2C(C)(C)CCC[C@]2(C)[C@@H]1C[C@H](O)/C(C)=C\COC(C)=O. The number of hydrogen-bond acceptors (Lipinski definition) is 3. The number of fused-ring (bicyclic) bond motifs is 1. The molecule has 0 amide bonds. The van der Waals surface area contributed by atoms with Crippen LogP contribution in [0, 0.1) is 22.7 Å². The van der Waals surface area contributed by atoms with Crippen LogP contribution in [0.1, 0.15) is 73.1 Å². The molecule has 0 radical (unpaired) electrons. The van der Waals surface area contributed by atoms with Gasteiger partial charge in [0, 0.05) is 6.92 Å². The van der Waals surface area contributed by atoms with Crippen molar-refractivity contribution in [3.8, 4) is 0 Å². The van der Waals surface area contributed by atoms with Crippen LogP contribution in [-0.4, -0.2) is 23.8 Å². The fourth-order valence-corrected chi connectivity index (χ4v) is 5.55. The number of hydrogen-bond donors (Lipinski definition) is 1. The van der Waals surface area contributed by atoms with Crippen molar-refractivity contribution in [2.24, 2.45) is 22.7 Å². The molecule has 2 rings (SSSR count). The molecule has 4 atom stereocenters. The summed E-state index contributed by atoms with van der Waals surface area (Å²) in [6, 6.07) is 0. The van der Waals surface area contributed by atoms with Crippen molar-refractivity contribution in [1.29, 1.82) is 0 Å². The lowest BCUT2D eigenvalue weighted by Gasteiger charge is -2.58. The van der Waals surface area contributed by atoms with E-state index in [1.807, 2.05) is 13.0 Å². The number of carbonyl (C=O) groups excluding carboxylic acids is 1. The van der Waals surface area contributed by atoms with Crippen LogP contribution in [0.25, 0.3) is 0 Å². The minimum atomic E-state index is -0.502. The van der Waals surface area contributed by atoms with Gasteiger partial charge in [0.2, 0.25) is 0 Å². The molecule has 3 heteroatoms. The quantitative estimate of drug-likeness (QED) is 0.559. The number of carbonyl (C=O) groups is 1. The number of aliphatic hydroxyl groups excluding tert-OH is 1. The molecule has 0 aromatic heterocycles. The van der Waals surface area contributed by atoms with Crippen LogP contribution in [-0.2, 0) is 9.53 Å².